The van der Waals surface area contributed by atoms with Crippen LogP contribution in [0, 0.1) is 5.82 Å². The minimum absolute atomic E-state index is 0.0606. The topological polar surface area (TPSA) is 115 Å². The predicted octanol–water partition coefficient (Wildman–Crippen LogP) is 4.88. The smallest absolute Gasteiger partial charge is 0.420 e. The molecule has 0 saturated carbocycles. The van der Waals surface area contributed by atoms with Crippen LogP contribution in [0.4, 0.5) is 4.39 Å². The zero-order valence-corrected chi connectivity index (χ0v) is 24.7. The lowest BCUT2D eigenvalue weighted by atomic mass is 10.1. The highest BCUT2D eigenvalue weighted by atomic mass is 79.9. The molecule has 0 spiro atoms. The summed E-state index contributed by atoms with van der Waals surface area (Å²) < 4.78 is 65.7. The van der Waals surface area contributed by atoms with Crippen LogP contribution in [-0.4, -0.2) is 43.3 Å². The van der Waals surface area contributed by atoms with Gasteiger partial charge in [-0.05, 0) is 42.6 Å². The maximum atomic E-state index is 15.7. The molecule has 0 aliphatic carbocycles. The zero-order valence-electron chi connectivity index (χ0n) is 21.5. The van der Waals surface area contributed by atoms with E-state index in [9.17, 15) is 13.2 Å². The number of nitrogens with one attached hydrogen (secondary N) is 1. The molecule has 10 nitrogen and oxygen atoms in total. The molecule has 210 valence electrons. The number of aliphatic imine (C=N–C) groups is 1. The van der Waals surface area contributed by atoms with E-state index in [1.807, 2.05) is 24.3 Å². The minimum Gasteiger partial charge on any atom is -0.497 e. The molecule has 3 aromatic carbocycles. The van der Waals surface area contributed by atoms with E-state index >= 15 is 4.39 Å². The van der Waals surface area contributed by atoms with Crippen molar-refractivity contribution in [3.63, 3.8) is 0 Å². The number of fused-ring (bicyclic) bond motifs is 1. The van der Waals surface area contributed by atoms with Crippen molar-refractivity contribution in [3.8, 4) is 11.5 Å². The summed E-state index contributed by atoms with van der Waals surface area (Å²) in [4.78, 5) is 16.4. The van der Waals surface area contributed by atoms with Crippen LogP contribution in [0.1, 0.15) is 24.1 Å². The van der Waals surface area contributed by atoms with Crippen molar-refractivity contribution in [1.29, 1.82) is 0 Å². The number of oxazole rings is 1. The van der Waals surface area contributed by atoms with Gasteiger partial charge in [-0.2, -0.15) is 4.31 Å². The molecule has 4 aromatic rings. The van der Waals surface area contributed by atoms with Crippen LogP contribution < -0.4 is 20.0 Å². The third-order valence-electron chi connectivity index (χ3n) is 6.47. The molecule has 0 radical (unpaired) electrons. The van der Waals surface area contributed by atoms with Crippen LogP contribution in [0.3, 0.4) is 0 Å². The Morgan fingerprint density at radius 2 is 2.00 bits per heavy atom. The number of hydrogen-bond acceptors (Lipinski definition) is 9. The van der Waals surface area contributed by atoms with Gasteiger partial charge in [-0.3, -0.25) is 4.57 Å². The first-order valence-corrected chi connectivity index (χ1v) is 15.0. The van der Waals surface area contributed by atoms with Crippen molar-refractivity contribution in [3.05, 3.63) is 86.6 Å². The Morgan fingerprint density at radius 3 is 2.67 bits per heavy atom. The number of benzene rings is 3. The van der Waals surface area contributed by atoms with Crippen molar-refractivity contribution < 1.29 is 26.7 Å². The minimum atomic E-state index is -4.51. The number of hydrogen-bond donors (Lipinski definition) is 1. The van der Waals surface area contributed by atoms with E-state index in [1.165, 1.54) is 25.1 Å². The molecule has 1 aliphatic heterocycles. The largest absolute Gasteiger partial charge is 0.497 e. The van der Waals surface area contributed by atoms with Crippen LogP contribution in [0.2, 0.25) is 0 Å². The molecular weight excluding hydrogens is 627 g/mol. The van der Waals surface area contributed by atoms with Gasteiger partial charge in [-0.25, -0.2) is 22.6 Å². The fourth-order valence-corrected chi connectivity index (χ4v) is 7.28. The monoisotopic (exact) mass is 650 g/mol. The second kappa shape index (κ2) is 11.3. The number of sulfonamides is 1. The van der Waals surface area contributed by atoms with Gasteiger partial charge in [0.2, 0.25) is 10.0 Å². The summed E-state index contributed by atoms with van der Waals surface area (Å²) in [5.74, 6) is -0.857. The number of nitrogens with zero attached hydrogens (tertiary/aromatic N) is 3. The maximum Gasteiger partial charge on any atom is 0.420 e. The van der Waals surface area contributed by atoms with Gasteiger partial charge in [0, 0.05) is 34.8 Å². The SMILES string of the molecule is COc1ccc(CN(C2N=CNS2)S(=O)(=O)c2cc3oc(=O)n(C(C)c4cccc(Br)c4)c3cc2F)c(OC)c1. The summed E-state index contributed by atoms with van der Waals surface area (Å²) >= 11 is 4.45. The summed E-state index contributed by atoms with van der Waals surface area (Å²) in [6.07, 6.45) is 1.37. The Hall–Kier alpha value is -3.33. The summed E-state index contributed by atoms with van der Waals surface area (Å²) in [6, 6.07) is 13.8. The Bertz CT molecular complexity index is 1770. The molecule has 0 bridgehead atoms. The van der Waals surface area contributed by atoms with E-state index in [0.29, 0.717) is 17.1 Å². The van der Waals surface area contributed by atoms with Gasteiger partial charge in [0.15, 0.2) is 11.1 Å². The first kappa shape index (κ1) is 28.2. The standard InChI is InChI=1S/C26H24BrFN4O6S2/c1-15(16-5-4-6-18(27)9-16)32-21-11-20(28)24(12-23(21)38-26(32)33)40(34,35)31(25-29-14-30-39-25)13-17-7-8-19(36-2)10-22(17)37-3/h4-12,14-15,25H,13H2,1-3H3,(H,29,30). The molecule has 2 heterocycles. The second-order valence-electron chi connectivity index (χ2n) is 8.79. The van der Waals surface area contributed by atoms with E-state index < -0.39 is 38.0 Å². The highest BCUT2D eigenvalue weighted by Gasteiger charge is 2.37. The zero-order chi connectivity index (χ0) is 28.6. The van der Waals surface area contributed by atoms with Gasteiger partial charge < -0.3 is 18.6 Å². The van der Waals surface area contributed by atoms with E-state index in [0.717, 1.165) is 38.4 Å². The third-order valence-corrected chi connectivity index (χ3v) is 9.74. The normalized spacial score (nSPS) is 15.9. The van der Waals surface area contributed by atoms with Gasteiger partial charge in [0.1, 0.15) is 22.2 Å². The molecule has 2 atom stereocenters. The average Bonchev–Trinajstić information content (AvgIpc) is 3.58. The fourth-order valence-electron chi connectivity index (χ4n) is 4.42. The Kier molecular flexibility index (Phi) is 7.95. The highest BCUT2D eigenvalue weighted by molar-refractivity contribution is 9.10. The average molecular weight is 652 g/mol. The van der Waals surface area contributed by atoms with Gasteiger partial charge in [-0.1, -0.05) is 34.1 Å². The Morgan fingerprint density at radius 1 is 1.20 bits per heavy atom. The van der Waals surface area contributed by atoms with Gasteiger partial charge >= 0.3 is 5.76 Å². The summed E-state index contributed by atoms with van der Waals surface area (Å²) in [7, 11) is -1.55. The number of halogens is 2. The molecule has 1 aliphatic rings. The lowest BCUT2D eigenvalue weighted by Crippen LogP contribution is -2.37. The molecule has 2 unspecified atom stereocenters. The van der Waals surface area contributed by atoms with Crippen LogP contribution in [0.5, 0.6) is 11.5 Å². The molecule has 1 N–H and O–H groups in total. The van der Waals surface area contributed by atoms with E-state index in [1.54, 1.807) is 25.1 Å². The van der Waals surface area contributed by atoms with E-state index in [4.69, 9.17) is 13.9 Å². The summed E-state index contributed by atoms with van der Waals surface area (Å²) in [5, 5.41) is 0. The first-order valence-electron chi connectivity index (χ1n) is 11.9. The van der Waals surface area contributed by atoms with Crippen LogP contribution in [0.25, 0.3) is 11.1 Å². The molecule has 40 heavy (non-hydrogen) atoms. The molecule has 0 amide bonds. The number of ether oxygens (including phenoxy) is 2. The lowest BCUT2D eigenvalue weighted by molar-refractivity contribution is 0.366. The molecule has 0 saturated heterocycles. The summed E-state index contributed by atoms with van der Waals surface area (Å²) in [6.45, 7) is 1.58. The fraction of sp³-hybridized carbons (Fsp3) is 0.231. The molecular formula is C26H24BrFN4O6S2. The van der Waals surface area contributed by atoms with Crippen LogP contribution in [-0.2, 0) is 16.6 Å². The van der Waals surface area contributed by atoms with Crippen LogP contribution >= 0.6 is 27.9 Å². The lowest BCUT2D eigenvalue weighted by Gasteiger charge is -2.26. The van der Waals surface area contributed by atoms with Gasteiger partial charge in [0.25, 0.3) is 0 Å². The molecule has 1 aromatic heterocycles. The number of methoxy groups -OCH3 is 2. The molecule has 5 rings (SSSR count). The molecule has 14 heteroatoms. The Balaban J connectivity index is 1.58. The number of rotatable bonds is 9. The summed E-state index contributed by atoms with van der Waals surface area (Å²) in [5.41, 5.74) is 0.429. The van der Waals surface area contributed by atoms with Crippen molar-refractivity contribution >= 4 is 55.3 Å². The first-order chi connectivity index (χ1) is 19.1. The predicted molar refractivity (Wildman–Crippen MR) is 154 cm³/mol. The quantitative estimate of drug-likeness (QED) is 0.255. The van der Waals surface area contributed by atoms with E-state index in [-0.39, 0.29) is 17.6 Å². The van der Waals surface area contributed by atoms with Crippen LogP contribution in [0.15, 0.2) is 78.2 Å². The Labute approximate surface area is 242 Å². The molecule has 0 fully saturated rings. The maximum absolute atomic E-state index is 15.7. The van der Waals surface area contributed by atoms with Crippen molar-refractivity contribution in [2.45, 2.75) is 29.9 Å². The van der Waals surface area contributed by atoms with E-state index in [2.05, 4.69) is 25.6 Å². The van der Waals surface area contributed by atoms with Gasteiger partial charge in [-0.15, -0.1) is 0 Å². The van der Waals surface area contributed by atoms with Gasteiger partial charge in [0.05, 0.1) is 32.1 Å². The third kappa shape index (κ3) is 5.23. The number of aromatic nitrogens is 1. The van der Waals surface area contributed by atoms with Crippen molar-refractivity contribution in [2.75, 3.05) is 14.2 Å². The van der Waals surface area contributed by atoms with Crippen molar-refractivity contribution in [2.24, 2.45) is 4.99 Å². The second-order valence-corrected chi connectivity index (χ2v) is 12.5. The highest BCUT2D eigenvalue weighted by Crippen LogP contribution is 2.34. The van der Waals surface area contributed by atoms with Crippen molar-refractivity contribution in [1.82, 2.24) is 13.6 Å².